The van der Waals surface area contributed by atoms with Gasteiger partial charge in [0.05, 0.1) is 29.9 Å². The van der Waals surface area contributed by atoms with E-state index in [1.807, 2.05) is 0 Å². The molecule has 0 aromatic heterocycles. The Labute approximate surface area is 206 Å². The van der Waals surface area contributed by atoms with Crippen molar-refractivity contribution in [2.75, 3.05) is 46.7 Å². The number of benzene rings is 2. The summed E-state index contributed by atoms with van der Waals surface area (Å²) in [5, 5.41) is 2.80. The predicted octanol–water partition coefficient (Wildman–Crippen LogP) is 2.30. The summed E-state index contributed by atoms with van der Waals surface area (Å²) in [7, 11) is -1.78. The van der Waals surface area contributed by atoms with Gasteiger partial charge in [-0.05, 0) is 49.6 Å². The van der Waals surface area contributed by atoms with Gasteiger partial charge in [0.25, 0.3) is 0 Å². The zero-order valence-corrected chi connectivity index (χ0v) is 22.1. The number of carbonyl (C=O) groups is 1. The molecule has 1 aliphatic rings. The lowest BCUT2D eigenvalue weighted by Gasteiger charge is -2.31. The van der Waals surface area contributed by atoms with Gasteiger partial charge in [-0.1, -0.05) is 6.07 Å². The number of anilines is 1. The van der Waals surface area contributed by atoms with Crippen molar-refractivity contribution in [2.24, 2.45) is 5.92 Å². The molecule has 1 heterocycles. The molecule has 1 atom stereocenters. The van der Waals surface area contributed by atoms with Crippen LogP contribution in [-0.4, -0.2) is 72.8 Å². The van der Waals surface area contributed by atoms with Crippen LogP contribution in [0.5, 0.6) is 11.5 Å². The van der Waals surface area contributed by atoms with Crippen LogP contribution in [0.1, 0.15) is 18.4 Å². The molecule has 0 radical (unpaired) electrons. The molecule has 1 N–H and O–H groups in total. The SMILES string of the molecule is COc1ccc(S(=O)(=O)N2CCCC(C(=O)Nc3cc(S(=O)(=O)N(C)C)ccc3C)C2)cc1OC. The van der Waals surface area contributed by atoms with E-state index in [9.17, 15) is 21.6 Å². The van der Waals surface area contributed by atoms with Gasteiger partial charge in [-0.3, -0.25) is 4.79 Å². The second kappa shape index (κ2) is 10.5. The van der Waals surface area contributed by atoms with Crippen molar-refractivity contribution >= 4 is 31.6 Å². The van der Waals surface area contributed by atoms with Gasteiger partial charge in [0.15, 0.2) is 11.5 Å². The molecule has 1 unspecified atom stereocenters. The second-order valence-electron chi connectivity index (χ2n) is 8.47. The Hall–Kier alpha value is -2.67. The van der Waals surface area contributed by atoms with Gasteiger partial charge in [-0.25, -0.2) is 21.1 Å². The molecule has 12 heteroatoms. The summed E-state index contributed by atoms with van der Waals surface area (Å²) in [5.41, 5.74) is 1.07. The number of aryl methyl sites for hydroxylation is 1. The Morgan fingerprint density at radius 1 is 1.00 bits per heavy atom. The molecule has 35 heavy (non-hydrogen) atoms. The number of hydrogen-bond acceptors (Lipinski definition) is 7. The lowest BCUT2D eigenvalue weighted by Crippen LogP contribution is -2.43. The number of methoxy groups -OCH3 is 2. The van der Waals surface area contributed by atoms with Crippen LogP contribution in [-0.2, 0) is 24.8 Å². The third-order valence-electron chi connectivity index (χ3n) is 5.99. The second-order valence-corrected chi connectivity index (χ2v) is 12.6. The van der Waals surface area contributed by atoms with E-state index < -0.39 is 26.0 Å². The Morgan fingerprint density at radius 3 is 2.29 bits per heavy atom. The van der Waals surface area contributed by atoms with Gasteiger partial charge in [-0.15, -0.1) is 0 Å². The molecule has 2 aromatic rings. The van der Waals surface area contributed by atoms with Crippen molar-refractivity contribution in [3.63, 3.8) is 0 Å². The normalized spacial score (nSPS) is 17.3. The molecule has 2 aromatic carbocycles. The van der Waals surface area contributed by atoms with Crippen LogP contribution in [0.2, 0.25) is 0 Å². The quantitative estimate of drug-likeness (QED) is 0.561. The molecule has 10 nitrogen and oxygen atoms in total. The molecule has 1 fully saturated rings. The zero-order chi connectivity index (χ0) is 26.0. The Balaban J connectivity index is 1.80. The highest BCUT2D eigenvalue weighted by Crippen LogP contribution is 2.32. The van der Waals surface area contributed by atoms with Gasteiger partial charge in [0, 0.05) is 38.9 Å². The third-order valence-corrected chi connectivity index (χ3v) is 9.67. The van der Waals surface area contributed by atoms with Gasteiger partial charge in [0.1, 0.15) is 0 Å². The van der Waals surface area contributed by atoms with Crippen LogP contribution in [0.15, 0.2) is 46.2 Å². The standard InChI is InChI=1S/C23H31N3O7S2/c1-16-8-9-18(34(28,29)25(2)3)13-20(16)24-23(27)17-7-6-12-26(15-17)35(30,31)19-10-11-21(32-4)22(14-19)33-5/h8-11,13-14,17H,6-7,12,15H2,1-5H3,(H,24,27). The number of amides is 1. The van der Waals surface area contributed by atoms with Gasteiger partial charge in [0.2, 0.25) is 26.0 Å². The maximum Gasteiger partial charge on any atom is 0.243 e. The van der Waals surface area contributed by atoms with Crippen LogP contribution in [0, 0.1) is 12.8 Å². The number of carbonyl (C=O) groups excluding carboxylic acids is 1. The zero-order valence-electron chi connectivity index (χ0n) is 20.4. The highest BCUT2D eigenvalue weighted by atomic mass is 32.2. The smallest absolute Gasteiger partial charge is 0.243 e. The van der Waals surface area contributed by atoms with E-state index in [1.165, 1.54) is 63.0 Å². The molecule has 1 saturated heterocycles. The molecular formula is C23H31N3O7S2. The van der Waals surface area contributed by atoms with Crippen molar-refractivity contribution in [2.45, 2.75) is 29.6 Å². The van der Waals surface area contributed by atoms with E-state index in [2.05, 4.69) is 5.32 Å². The molecule has 0 aliphatic carbocycles. The summed E-state index contributed by atoms with van der Waals surface area (Å²) in [4.78, 5) is 13.2. The van der Waals surface area contributed by atoms with Gasteiger partial charge >= 0.3 is 0 Å². The molecule has 0 saturated carbocycles. The first kappa shape index (κ1) is 26.9. The van der Waals surface area contributed by atoms with E-state index in [0.29, 0.717) is 35.6 Å². The van der Waals surface area contributed by atoms with Crippen molar-refractivity contribution < 1.29 is 31.1 Å². The molecule has 1 aliphatic heterocycles. The number of nitrogens with zero attached hydrogens (tertiary/aromatic N) is 2. The van der Waals surface area contributed by atoms with E-state index in [4.69, 9.17) is 9.47 Å². The maximum absolute atomic E-state index is 13.3. The number of hydrogen-bond donors (Lipinski definition) is 1. The third kappa shape index (κ3) is 5.61. The van der Waals surface area contributed by atoms with Crippen molar-refractivity contribution in [1.29, 1.82) is 0 Å². The number of sulfonamides is 2. The van der Waals surface area contributed by atoms with Crippen LogP contribution < -0.4 is 14.8 Å². The van der Waals surface area contributed by atoms with Crippen molar-refractivity contribution in [3.05, 3.63) is 42.0 Å². The van der Waals surface area contributed by atoms with E-state index in [0.717, 1.165) is 4.31 Å². The Morgan fingerprint density at radius 2 is 1.66 bits per heavy atom. The molecule has 0 spiro atoms. The lowest BCUT2D eigenvalue weighted by atomic mass is 9.98. The monoisotopic (exact) mass is 525 g/mol. The predicted molar refractivity (Wildman–Crippen MR) is 132 cm³/mol. The van der Waals surface area contributed by atoms with E-state index >= 15 is 0 Å². The highest BCUT2D eigenvalue weighted by Gasteiger charge is 2.34. The molecule has 1 amide bonds. The first-order valence-electron chi connectivity index (χ1n) is 11.0. The Bertz CT molecular complexity index is 1310. The highest BCUT2D eigenvalue weighted by molar-refractivity contribution is 7.89. The fourth-order valence-electron chi connectivity index (χ4n) is 3.84. The molecule has 0 bridgehead atoms. The first-order valence-corrected chi connectivity index (χ1v) is 13.9. The molecule has 192 valence electrons. The van der Waals surface area contributed by atoms with Gasteiger partial charge in [-0.2, -0.15) is 4.31 Å². The van der Waals surface area contributed by atoms with Crippen molar-refractivity contribution in [1.82, 2.24) is 8.61 Å². The fourth-order valence-corrected chi connectivity index (χ4v) is 6.31. The fraction of sp³-hybridized carbons (Fsp3) is 0.435. The minimum atomic E-state index is -3.87. The Kier molecular flexibility index (Phi) is 8.10. The topological polar surface area (TPSA) is 122 Å². The minimum Gasteiger partial charge on any atom is -0.493 e. The number of nitrogens with one attached hydrogen (secondary N) is 1. The van der Waals surface area contributed by atoms with Gasteiger partial charge < -0.3 is 14.8 Å². The summed E-state index contributed by atoms with van der Waals surface area (Å²) >= 11 is 0. The number of rotatable bonds is 8. The van der Waals surface area contributed by atoms with Crippen LogP contribution in [0.25, 0.3) is 0 Å². The largest absolute Gasteiger partial charge is 0.493 e. The lowest BCUT2D eigenvalue weighted by molar-refractivity contribution is -0.120. The summed E-state index contributed by atoms with van der Waals surface area (Å²) in [6.07, 6.45) is 1.02. The summed E-state index contributed by atoms with van der Waals surface area (Å²) in [6.45, 7) is 2.06. The summed E-state index contributed by atoms with van der Waals surface area (Å²) < 4.78 is 64.3. The van der Waals surface area contributed by atoms with E-state index in [1.54, 1.807) is 13.0 Å². The summed E-state index contributed by atoms with van der Waals surface area (Å²) in [6, 6.07) is 8.90. The first-order chi connectivity index (χ1) is 16.4. The number of piperidine rings is 1. The average molecular weight is 526 g/mol. The van der Waals surface area contributed by atoms with Crippen LogP contribution >= 0.6 is 0 Å². The van der Waals surface area contributed by atoms with Crippen LogP contribution in [0.4, 0.5) is 5.69 Å². The molecule has 3 rings (SSSR count). The molecular weight excluding hydrogens is 494 g/mol. The minimum absolute atomic E-state index is 0.0112. The van der Waals surface area contributed by atoms with Crippen molar-refractivity contribution in [3.8, 4) is 11.5 Å². The average Bonchev–Trinajstić information content (AvgIpc) is 2.84. The van der Waals surface area contributed by atoms with Crippen LogP contribution in [0.3, 0.4) is 0 Å². The number of ether oxygens (including phenoxy) is 2. The summed E-state index contributed by atoms with van der Waals surface area (Å²) in [5.74, 6) is -0.244. The van der Waals surface area contributed by atoms with E-state index in [-0.39, 0.29) is 28.8 Å². The maximum atomic E-state index is 13.3.